The number of hydrogen-bond acceptors (Lipinski definition) is 2. The molecular formula is C14H20N2O. The van der Waals surface area contributed by atoms with Crippen molar-refractivity contribution in [2.24, 2.45) is 0 Å². The van der Waals surface area contributed by atoms with Crippen LogP contribution in [0.1, 0.15) is 30.6 Å². The molecule has 1 aromatic carbocycles. The lowest BCUT2D eigenvalue weighted by atomic mass is 10.1. The topological polar surface area (TPSA) is 41.1 Å². The van der Waals surface area contributed by atoms with Gasteiger partial charge in [0.2, 0.25) is 0 Å². The van der Waals surface area contributed by atoms with Gasteiger partial charge in [-0.05, 0) is 32.4 Å². The number of amides is 1. The van der Waals surface area contributed by atoms with Crippen LogP contribution in [-0.2, 0) is 0 Å². The van der Waals surface area contributed by atoms with Crippen LogP contribution in [0.5, 0.6) is 0 Å². The minimum Gasteiger partial charge on any atom is -0.385 e. The van der Waals surface area contributed by atoms with Crippen molar-refractivity contribution in [3.63, 3.8) is 0 Å². The van der Waals surface area contributed by atoms with Gasteiger partial charge in [-0.2, -0.15) is 0 Å². The molecule has 0 radical (unpaired) electrons. The maximum Gasteiger partial charge on any atom is 0.253 e. The molecule has 0 aliphatic carbocycles. The van der Waals surface area contributed by atoms with Crippen molar-refractivity contribution >= 4 is 11.6 Å². The standard InChI is InChI=1S/C14H20N2O/c1-3-5-8-11-16-14(17)12-9-6-7-10-13(12)15-4-2/h3,5-7,9-10,15H,4,8,11H2,1-2H3,(H,16,17)/b5-3+. The van der Waals surface area contributed by atoms with E-state index in [9.17, 15) is 4.79 Å². The average molecular weight is 232 g/mol. The first-order valence-electron chi connectivity index (χ1n) is 6.01. The number of benzene rings is 1. The SMILES string of the molecule is C/C=C/CCNC(=O)c1ccccc1NCC. The Bertz CT molecular complexity index is 386. The summed E-state index contributed by atoms with van der Waals surface area (Å²) in [6, 6.07) is 7.56. The number of carbonyl (C=O) groups excluding carboxylic acids is 1. The molecule has 0 fully saturated rings. The fourth-order valence-electron chi connectivity index (χ4n) is 1.56. The van der Waals surface area contributed by atoms with Crippen LogP contribution in [0.4, 0.5) is 5.69 Å². The first-order chi connectivity index (χ1) is 8.29. The number of para-hydroxylation sites is 1. The predicted molar refractivity (Wildman–Crippen MR) is 72.4 cm³/mol. The predicted octanol–water partition coefficient (Wildman–Crippen LogP) is 2.81. The van der Waals surface area contributed by atoms with Gasteiger partial charge in [-0.15, -0.1) is 0 Å². The van der Waals surface area contributed by atoms with Crippen molar-refractivity contribution in [2.45, 2.75) is 20.3 Å². The normalized spacial score (nSPS) is 10.5. The Morgan fingerprint density at radius 3 is 2.82 bits per heavy atom. The van der Waals surface area contributed by atoms with Gasteiger partial charge in [0.05, 0.1) is 5.56 Å². The first-order valence-corrected chi connectivity index (χ1v) is 6.01. The molecule has 0 saturated heterocycles. The van der Waals surface area contributed by atoms with E-state index in [1.807, 2.05) is 50.3 Å². The van der Waals surface area contributed by atoms with E-state index in [1.54, 1.807) is 0 Å². The first kappa shape index (κ1) is 13.3. The largest absolute Gasteiger partial charge is 0.385 e. The van der Waals surface area contributed by atoms with E-state index in [1.165, 1.54) is 0 Å². The Morgan fingerprint density at radius 1 is 1.35 bits per heavy atom. The van der Waals surface area contributed by atoms with E-state index in [-0.39, 0.29) is 5.91 Å². The third-order valence-electron chi connectivity index (χ3n) is 2.37. The van der Waals surface area contributed by atoms with Crippen LogP contribution in [-0.4, -0.2) is 19.0 Å². The van der Waals surface area contributed by atoms with Crippen molar-refractivity contribution in [3.8, 4) is 0 Å². The highest BCUT2D eigenvalue weighted by atomic mass is 16.1. The second-order valence-electron chi connectivity index (χ2n) is 3.69. The van der Waals surface area contributed by atoms with Crippen LogP contribution in [0.15, 0.2) is 36.4 Å². The van der Waals surface area contributed by atoms with Crippen molar-refractivity contribution in [1.29, 1.82) is 0 Å². The van der Waals surface area contributed by atoms with E-state index < -0.39 is 0 Å². The third-order valence-corrected chi connectivity index (χ3v) is 2.37. The van der Waals surface area contributed by atoms with Gasteiger partial charge in [-0.1, -0.05) is 24.3 Å². The molecule has 0 aliphatic rings. The van der Waals surface area contributed by atoms with Gasteiger partial charge in [-0.3, -0.25) is 4.79 Å². The van der Waals surface area contributed by atoms with Crippen LogP contribution < -0.4 is 10.6 Å². The van der Waals surface area contributed by atoms with Gasteiger partial charge < -0.3 is 10.6 Å². The summed E-state index contributed by atoms with van der Waals surface area (Å²) in [5, 5.41) is 6.09. The zero-order valence-electron chi connectivity index (χ0n) is 10.5. The highest BCUT2D eigenvalue weighted by Gasteiger charge is 2.08. The maximum absolute atomic E-state index is 11.9. The summed E-state index contributed by atoms with van der Waals surface area (Å²) in [7, 11) is 0. The highest BCUT2D eigenvalue weighted by Crippen LogP contribution is 2.14. The molecule has 0 atom stereocenters. The van der Waals surface area contributed by atoms with Crippen molar-refractivity contribution < 1.29 is 4.79 Å². The molecule has 0 aliphatic heterocycles. The summed E-state index contributed by atoms with van der Waals surface area (Å²) in [6.45, 7) is 5.47. The summed E-state index contributed by atoms with van der Waals surface area (Å²) in [5.41, 5.74) is 1.59. The van der Waals surface area contributed by atoms with Crippen LogP contribution in [0.25, 0.3) is 0 Å². The number of hydrogen-bond donors (Lipinski definition) is 2. The number of anilines is 1. The minimum atomic E-state index is -0.0222. The minimum absolute atomic E-state index is 0.0222. The van der Waals surface area contributed by atoms with Gasteiger partial charge in [-0.25, -0.2) is 0 Å². The summed E-state index contributed by atoms with van der Waals surface area (Å²) in [6.07, 6.45) is 4.89. The fourth-order valence-corrected chi connectivity index (χ4v) is 1.56. The Balaban J connectivity index is 2.61. The second kappa shape index (κ2) is 7.49. The van der Waals surface area contributed by atoms with E-state index in [0.717, 1.165) is 18.7 Å². The van der Waals surface area contributed by atoms with Crippen LogP contribution in [0, 0.1) is 0 Å². The van der Waals surface area contributed by atoms with E-state index in [2.05, 4.69) is 10.6 Å². The summed E-state index contributed by atoms with van der Waals surface area (Å²) in [4.78, 5) is 11.9. The summed E-state index contributed by atoms with van der Waals surface area (Å²) in [5.74, 6) is -0.0222. The number of carbonyl (C=O) groups is 1. The summed E-state index contributed by atoms with van der Waals surface area (Å²) < 4.78 is 0. The lowest BCUT2D eigenvalue weighted by Gasteiger charge is -2.10. The zero-order chi connectivity index (χ0) is 12.5. The van der Waals surface area contributed by atoms with Crippen molar-refractivity contribution in [1.82, 2.24) is 5.32 Å². The molecule has 0 aromatic heterocycles. The Kier molecular flexibility index (Phi) is 5.86. The smallest absolute Gasteiger partial charge is 0.253 e. The average Bonchev–Trinajstić information content (AvgIpc) is 2.35. The maximum atomic E-state index is 11.9. The lowest BCUT2D eigenvalue weighted by Crippen LogP contribution is -2.25. The molecule has 0 saturated carbocycles. The lowest BCUT2D eigenvalue weighted by molar-refractivity contribution is 0.0955. The molecule has 1 amide bonds. The Labute approximate surface area is 103 Å². The molecule has 17 heavy (non-hydrogen) atoms. The molecule has 1 rings (SSSR count). The van der Waals surface area contributed by atoms with Gasteiger partial charge in [0.15, 0.2) is 0 Å². The van der Waals surface area contributed by atoms with Crippen molar-refractivity contribution in [2.75, 3.05) is 18.4 Å². The molecule has 0 spiro atoms. The molecule has 2 N–H and O–H groups in total. The van der Waals surface area contributed by atoms with E-state index in [0.29, 0.717) is 12.1 Å². The molecule has 1 aromatic rings. The molecule has 3 nitrogen and oxygen atoms in total. The zero-order valence-corrected chi connectivity index (χ0v) is 10.5. The Hall–Kier alpha value is -1.77. The fraction of sp³-hybridized carbons (Fsp3) is 0.357. The molecular weight excluding hydrogens is 212 g/mol. The van der Waals surface area contributed by atoms with E-state index >= 15 is 0 Å². The third kappa shape index (κ3) is 4.31. The highest BCUT2D eigenvalue weighted by molar-refractivity contribution is 5.99. The second-order valence-corrected chi connectivity index (χ2v) is 3.69. The molecule has 0 heterocycles. The molecule has 92 valence electrons. The van der Waals surface area contributed by atoms with Gasteiger partial charge in [0.25, 0.3) is 5.91 Å². The van der Waals surface area contributed by atoms with Gasteiger partial charge >= 0.3 is 0 Å². The quantitative estimate of drug-likeness (QED) is 0.585. The molecule has 0 unspecified atom stereocenters. The van der Waals surface area contributed by atoms with E-state index in [4.69, 9.17) is 0 Å². The number of rotatable bonds is 6. The van der Waals surface area contributed by atoms with Crippen LogP contribution >= 0.6 is 0 Å². The number of allylic oxidation sites excluding steroid dienone is 1. The number of nitrogens with one attached hydrogen (secondary N) is 2. The van der Waals surface area contributed by atoms with Gasteiger partial charge in [0, 0.05) is 18.8 Å². The molecule has 0 bridgehead atoms. The monoisotopic (exact) mass is 232 g/mol. The molecule has 3 heteroatoms. The summed E-state index contributed by atoms with van der Waals surface area (Å²) >= 11 is 0. The van der Waals surface area contributed by atoms with Crippen LogP contribution in [0.2, 0.25) is 0 Å². The van der Waals surface area contributed by atoms with Gasteiger partial charge in [0.1, 0.15) is 0 Å². The Morgan fingerprint density at radius 2 is 2.12 bits per heavy atom. The van der Waals surface area contributed by atoms with Crippen molar-refractivity contribution in [3.05, 3.63) is 42.0 Å². The van der Waals surface area contributed by atoms with Crippen LogP contribution in [0.3, 0.4) is 0 Å².